The predicted octanol–water partition coefficient (Wildman–Crippen LogP) is 2.92. The Morgan fingerprint density at radius 3 is 3.07 bits per heavy atom. The maximum Gasteiger partial charge on any atom is 0.107 e. The number of aromatic amines is 1. The van der Waals surface area contributed by atoms with Crippen molar-refractivity contribution < 1.29 is 0 Å². The van der Waals surface area contributed by atoms with Crippen LogP contribution in [-0.4, -0.2) is 15.7 Å². The van der Waals surface area contributed by atoms with E-state index in [2.05, 4.69) is 41.0 Å². The van der Waals surface area contributed by atoms with Crippen molar-refractivity contribution in [1.82, 2.24) is 9.97 Å². The second-order valence-corrected chi connectivity index (χ2v) is 4.50. The summed E-state index contributed by atoms with van der Waals surface area (Å²) in [6.45, 7) is 2.06. The van der Waals surface area contributed by atoms with Gasteiger partial charge in [-0.15, -0.1) is 11.3 Å². The number of thiol groups is 1. The van der Waals surface area contributed by atoms with Gasteiger partial charge >= 0.3 is 0 Å². The second kappa shape index (κ2) is 4.19. The molecule has 0 saturated carbocycles. The van der Waals surface area contributed by atoms with E-state index in [1.807, 2.05) is 6.07 Å². The zero-order valence-electron chi connectivity index (χ0n) is 7.95. The standard InChI is InChI=1S/C10H12N2S2/c1-7-10(8-3-2-6-14-8)12-9(11-7)4-5-13/h2-3,6,13H,4-5H2,1H3,(H,11,12). The number of hydrogen-bond acceptors (Lipinski definition) is 3. The Morgan fingerprint density at radius 1 is 1.57 bits per heavy atom. The Balaban J connectivity index is 2.35. The number of aromatic nitrogens is 2. The molecule has 0 aliphatic heterocycles. The zero-order valence-corrected chi connectivity index (χ0v) is 9.66. The molecule has 2 heterocycles. The number of rotatable bonds is 3. The molecule has 0 spiro atoms. The van der Waals surface area contributed by atoms with Crippen molar-refractivity contribution in [3.05, 3.63) is 29.0 Å². The summed E-state index contributed by atoms with van der Waals surface area (Å²) in [6, 6.07) is 4.14. The van der Waals surface area contributed by atoms with Gasteiger partial charge in [0.15, 0.2) is 0 Å². The first-order valence-electron chi connectivity index (χ1n) is 4.51. The molecule has 2 aromatic rings. The van der Waals surface area contributed by atoms with Gasteiger partial charge in [0.2, 0.25) is 0 Å². The first-order valence-corrected chi connectivity index (χ1v) is 6.02. The highest BCUT2D eigenvalue weighted by atomic mass is 32.1. The third-order valence-corrected chi connectivity index (χ3v) is 3.14. The molecule has 74 valence electrons. The van der Waals surface area contributed by atoms with E-state index in [0.29, 0.717) is 0 Å². The minimum Gasteiger partial charge on any atom is -0.346 e. The SMILES string of the molecule is Cc1[nH]c(CCS)nc1-c1cccs1. The predicted molar refractivity (Wildman–Crippen MR) is 64.2 cm³/mol. The number of imidazole rings is 1. The molecular weight excluding hydrogens is 212 g/mol. The fourth-order valence-electron chi connectivity index (χ4n) is 1.40. The van der Waals surface area contributed by atoms with Crippen LogP contribution in [0.15, 0.2) is 17.5 Å². The molecular formula is C10H12N2S2. The van der Waals surface area contributed by atoms with Crippen LogP contribution in [0.25, 0.3) is 10.6 Å². The summed E-state index contributed by atoms with van der Waals surface area (Å²) in [5.74, 6) is 1.86. The number of nitrogens with zero attached hydrogens (tertiary/aromatic N) is 1. The average molecular weight is 224 g/mol. The van der Waals surface area contributed by atoms with Crippen molar-refractivity contribution in [3.8, 4) is 10.6 Å². The molecule has 0 aromatic carbocycles. The quantitative estimate of drug-likeness (QED) is 0.771. The molecule has 0 saturated heterocycles. The highest BCUT2D eigenvalue weighted by molar-refractivity contribution is 7.80. The van der Waals surface area contributed by atoms with E-state index in [4.69, 9.17) is 0 Å². The molecule has 0 radical (unpaired) electrons. The molecule has 2 nitrogen and oxygen atoms in total. The third kappa shape index (κ3) is 1.86. The summed E-state index contributed by atoms with van der Waals surface area (Å²) in [5, 5.41) is 2.07. The fourth-order valence-corrected chi connectivity index (χ4v) is 2.38. The van der Waals surface area contributed by atoms with Gasteiger partial charge in [-0.05, 0) is 24.1 Å². The van der Waals surface area contributed by atoms with Gasteiger partial charge in [-0.1, -0.05) is 6.07 Å². The maximum absolute atomic E-state index is 4.55. The number of H-pyrrole nitrogens is 1. The van der Waals surface area contributed by atoms with E-state index >= 15 is 0 Å². The Hall–Kier alpha value is -0.740. The molecule has 4 heteroatoms. The van der Waals surface area contributed by atoms with E-state index < -0.39 is 0 Å². The van der Waals surface area contributed by atoms with Crippen LogP contribution >= 0.6 is 24.0 Å². The Labute approximate surface area is 92.8 Å². The van der Waals surface area contributed by atoms with Crippen molar-refractivity contribution in [2.45, 2.75) is 13.3 Å². The molecule has 0 aliphatic carbocycles. The molecule has 2 aromatic heterocycles. The van der Waals surface area contributed by atoms with Gasteiger partial charge in [0.1, 0.15) is 11.5 Å². The summed E-state index contributed by atoms with van der Waals surface area (Å²) in [7, 11) is 0. The van der Waals surface area contributed by atoms with Crippen molar-refractivity contribution in [3.63, 3.8) is 0 Å². The smallest absolute Gasteiger partial charge is 0.107 e. The summed E-state index contributed by atoms with van der Waals surface area (Å²) >= 11 is 5.91. The molecule has 0 aliphatic rings. The van der Waals surface area contributed by atoms with Crippen LogP contribution in [-0.2, 0) is 6.42 Å². The van der Waals surface area contributed by atoms with Gasteiger partial charge in [0.05, 0.1) is 4.88 Å². The van der Waals surface area contributed by atoms with Gasteiger partial charge < -0.3 is 4.98 Å². The number of thiophene rings is 1. The van der Waals surface area contributed by atoms with E-state index in [1.54, 1.807) is 11.3 Å². The van der Waals surface area contributed by atoms with Crippen molar-refractivity contribution >= 4 is 24.0 Å². The van der Waals surface area contributed by atoms with Crippen molar-refractivity contribution in [1.29, 1.82) is 0 Å². The Morgan fingerprint density at radius 2 is 2.43 bits per heavy atom. The van der Waals surface area contributed by atoms with Crippen LogP contribution < -0.4 is 0 Å². The first-order chi connectivity index (χ1) is 6.81. The second-order valence-electron chi connectivity index (χ2n) is 3.11. The Bertz CT molecular complexity index is 404. The van der Waals surface area contributed by atoms with Crippen LogP contribution in [0, 0.1) is 6.92 Å². The van der Waals surface area contributed by atoms with Gasteiger partial charge in [0, 0.05) is 12.1 Å². The van der Waals surface area contributed by atoms with Gasteiger partial charge in [-0.25, -0.2) is 4.98 Å². The van der Waals surface area contributed by atoms with E-state index in [9.17, 15) is 0 Å². The molecule has 0 atom stereocenters. The minimum atomic E-state index is 0.830. The summed E-state index contributed by atoms with van der Waals surface area (Å²) < 4.78 is 0. The summed E-state index contributed by atoms with van der Waals surface area (Å²) in [5.41, 5.74) is 2.22. The van der Waals surface area contributed by atoms with Crippen LogP contribution in [0.1, 0.15) is 11.5 Å². The third-order valence-electron chi connectivity index (χ3n) is 2.04. The molecule has 0 amide bonds. The zero-order chi connectivity index (χ0) is 9.97. The normalized spacial score (nSPS) is 10.7. The van der Waals surface area contributed by atoms with E-state index in [1.165, 1.54) is 4.88 Å². The van der Waals surface area contributed by atoms with Crippen molar-refractivity contribution in [2.24, 2.45) is 0 Å². The lowest BCUT2D eigenvalue weighted by atomic mass is 10.3. The summed E-state index contributed by atoms with van der Waals surface area (Å²) in [6.07, 6.45) is 0.898. The lowest BCUT2D eigenvalue weighted by molar-refractivity contribution is 0.995. The van der Waals surface area contributed by atoms with E-state index in [-0.39, 0.29) is 0 Å². The molecule has 0 fully saturated rings. The van der Waals surface area contributed by atoms with Crippen LogP contribution in [0.4, 0.5) is 0 Å². The van der Waals surface area contributed by atoms with Crippen LogP contribution in [0.3, 0.4) is 0 Å². The molecule has 0 unspecified atom stereocenters. The summed E-state index contributed by atoms with van der Waals surface area (Å²) in [4.78, 5) is 9.05. The number of aryl methyl sites for hydroxylation is 2. The van der Waals surface area contributed by atoms with Gasteiger partial charge in [-0.3, -0.25) is 0 Å². The average Bonchev–Trinajstić information content (AvgIpc) is 2.74. The molecule has 2 rings (SSSR count). The van der Waals surface area contributed by atoms with Crippen LogP contribution in [0.2, 0.25) is 0 Å². The number of hydrogen-bond donors (Lipinski definition) is 2. The van der Waals surface area contributed by atoms with Crippen LogP contribution in [0.5, 0.6) is 0 Å². The van der Waals surface area contributed by atoms with Gasteiger partial charge in [0.25, 0.3) is 0 Å². The number of nitrogens with one attached hydrogen (secondary N) is 1. The Kier molecular flexibility index (Phi) is 2.93. The first kappa shape index (κ1) is 9.80. The highest BCUT2D eigenvalue weighted by Gasteiger charge is 2.08. The lowest BCUT2D eigenvalue weighted by Gasteiger charge is -1.90. The molecule has 0 bridgehead atoms. The maximum atomic E-state index is 4.55. The lowest BCUT2D eigenvalue weighted by Crippen LogP contribution is -1.88. The minimum absolute atomic E-state index is 0.830. The fraction of sp³-hybridized carbons (Fsp3) is 0.300. The molecule has 14 heavy (non-hydrogen) atoms. The monoisotopic (exact) mass is 224 g/mol. The largest absolute Gasteiger partial charge is 0.346 e. The molecule has 1 N–H and O–H groups in total. The van der Waals surface area contributed by atoms with Crippen molar-refractivity contribution in [2.75, 3.05) is 5.75 Å². The van der Waals surface area contributed by atoms with Gasteiger partial charge in [-0.2, -0.15) is 12.6 Å². The topological polar surface area (TPSA) is 28.7 Å². The van der Waals surface area contributed by atoms with E-state index in [0.717, 1.165) is 29.4 Å². The highest BCUT2D eigenvalue weighted by Crippen LogP contribution is 2.25.